The Labute approximate surface area is 502 Å². The lowest BCUT2D eigenvalue weighted by molar-refractivity contribution is -0.172. The monoisotopic (exact) mass is 1220 g/mol. The Morgan fingerprint density at radius 3 is 2.26 bits per heavy atom. The molecule has 474 valence electrons. The number of hydrogen-bond donors (Lipinski definition) is 10. The van der Waals surface area contributed by atoms with Gasteiger partial charge in [-0.3, -0.25) is 24.0 Å². The molecule has 3 aliphatic rings. The lowest BCUT2D eigenvalue weighted by Crippen LogP contribution is -2.50. The smallest absolute Gasteiger partial charge is 0.407 e. The zero-order valence-corrected chi connectivity index (χ0v) is 49.5. The Morgan fingerprint density at radius 1 is 0.885 bits per heavy atom. The van der Waals surface area contributed by atoms with E-state index in [0.717, 1.165) is 5.56 Å². The third-order valence-electron chi connectivity index (χ3n) is 15.2. The van der Waals surface area contributed by atoms with E-state index in [1.807, 2.05) is 13.8 Å². The summed E-state index contributed by atoms with van der Waals surface area (Å²) in [7, 11) is 0. The molecule has 0 saturated heterocycles. The van der Waals surface area contributed by atoms with Crippen molar-refractivity contribution in [2.45, 2.75) is 110 Å². The fourth-order valence-electron chi connectivity index (χ4n) is 10.4. The molecule has 2 aromatic heterocycles. The molecular formula is C59H80FN11O16. The van der Waals surface area contributed by atoms with Crippen LogP contribution in [0.4, 0.5) is 19.7 Å². The first-order chi connectivity index (χ1) is 41.8. The number of primary amides is 1. The van der Waals surface area contributed by atoms with Crippen LogP contribution in [-0.2, 0) is 88.9 Å². The molecule has 0 saturated carbocycles. The first kappa shape index (κ1) is 66.8. The van der Waals surface area contributed by atoms with Crippen LogP contribution in [0.3, 0.4) is 0 Å². The zero-order chi connectivity index (χ0) is 62.6. The third-order valence-corrected chi connectivity index (χ3v) is 15.2. The maximum atomic E-state index is 15.4. The van der Waals surface area contributed by atoms with Gasteiger partial charge in [-0.2, -0.15) is 0 Å². The number of aryl methyl sites for hydroxylation is 1. The molecule has 28 heteroatoms. The van der Waals surface area contributed by atoms with Gasteiger partial charge >= 0.3 is 18.1 Å². The number of halogens is 1. The van der Waals surface area contributed by atoms with Crippen molar-refractivity contribution in [3.05, 3.63) is 91.5 Å². The maximum Gasteiger partial charge on any atom is 0.407 e. The number of hydrogen-bond acceptors (Lipinski definition) is 19. The molecule has 0 bridgehead atoms. The molecule has 0 unspecified atom stereocenters. The molecule has 4 atom stereocenters. The highest BCUT2D eigenvalue weighted by Gasteiger charge is 2.46. The van der Waals surface area contributed by atoms with Crippen LogP contribution in [0.5, 0.6) is 0 Å². The summed E-state index contributed by atoms with van der Waals surface area (Å²) in [4.78, 5) is 108. The number of alkyl carbamates (subject to hydrolysis) is 1. The number of pyridine rings is 2. The number of nitrogens with one attached hydrogen (secondary N) is 7. The van der Waals surface area contributed by atoms with Gasteiger partial charge in [0.2, 0.25) is 23.6 Å². The van der Waals surface area contributed by atoms with Gasteiger partial charge in [0.25, 0.3) is 5.56 Å². The van der Waals surface area contributed by atoms with Gasteiger partial charge in [0.1, 0.15) is 38.9 Å². The standard InChI is InChI=1S/C59H80FN11O16/c1-5-59(80)41-25-47-53-39(29-71(47)55(76)40(41)31-86-56(59)77)52-43(13-12-38-35(4)42(60)26-45(70-53)51(38)52)68-50(74)32-85-33-66-49(73)28-65-58(79)87-30-36-8-10-37(11-9-36)67-54(75)44(7-6-16-63-57(62)78)64-27-46(34(2)3)69-48(72)14-17-81-19-21-83-23-24-84-22-20-82-18-15-61/h8-11,25-26,34,43-44,46,64,80H,5-7,12-24,27-33,61H2,1-4H3,(H,65,79)(H,66,73)(H,67,75)(H,68,74)(H,69,72)(H3,62,63,78)/t43-,44-,46+,59-/m0/s1. The van der Waals surface area contributed by atoms with Crippen LogP contribution in [0.1, 0.15) is 97.9 Å². The van der Waals surface area contributed by atoms with Crippen molar-refractivity contribution in [1.82, 2.24) is 41.5 Å². The van der Waals surface area contributed by atoms with E-state index in [1.54, 1.807) is 44.2 Å². The second-order valence-corrected chi connectivity index (χ2v) is 21.5. The van der Waals surface area contributed by atoms with E-state index >= 15 is 4.39 Å². The molecule has 4 heterocycles. The van der Waals surface area contributed by atoms with Crippen LogP contribution in [0.15, 0.2) is 41.2 Å². The lowest BCUT2D eigenvalue weighted by atomic mass is 9.81. The molecule has 0 fully saturated rings. The van der Waals surface area contributed by atoms with Crippen LogP contribution in [0.2, 0.25) is 0 Å². The number of aliphatic hydroxyl groups is 1. The van der Waals surface area contributed by atoms with E-state index in [9.17, 15) is 43.5 Å². The fourth-order valence-corrected chi connectivity index (χ4v) is 10.4. The van der Waals surface area contributed by atoms with Crippen molar-refractivity contribution in [1.29, 1.82) is 0 Å². The summed E-state index contributed by atoms with van der Waals surface area (Å²) in [6, 6.07) is 7.07. The van der Waals surface area contributed by atoms with Gasteiger partial charge in [0.15, 0.2) is 5.60 Å². The summed E-state index contributed by atoms with van der Waals surface area (Å²) in [5, 5.41) is 31.5. The number of fused-ring (bicyclic) bond motifs is 5. The van der Waals surface area contributed by atoms with Crippen LogP contribution >= 0.6 is 0 Å². The Balaban J connectivity index is 0.818. The van der Waals surface area contributed by atoms with E-state index in [1.165, 1.54) is 10.6 Å². The van der Waals surface area contributed by atoms with Gasteiger partial charge in [0.05, 0.1) is 94.0 Å². The predicted molar refractivity (Wildman–Crippen MR) is 313 cm³/mol. The van der Waals surface area contributed by atoms with E-state index in [2.05, 4.69) is 37.2 Å². The number of anilines is 1. The summed E-state index contributed by atoms with van der Waals surface area (Å²) >= 11 is 0. The van der Waals surface area contributed by atoms with Crippen molar-refractivity contribution in [2.24, 2.45) is 17.4 Å². The number of aromatic nitrogens is 2. The minimum Gasteiger partial charge on any atom is -0.458 e. The van der Waals surface area contributed by atoms with Gasteiger partial charge in [0, 0.05) is 60.4 Å². The molecule has 0 radical (unpaired) electrons. The van der Waals surface area contributed by atoms with E-state index in [-0.39, 0.29) is 93.9 Å². The number of carbonyl (C=O) groups is 7. The number of benzene rings is 2. The number of nitrogens with two attached hydrogens (primary N) is 2. The Morgan fingerprint density at radius 2 is 1.59 bits per heavy atom. The average Bonchev–Trinajstić information content (AvgIpc) is 1.65. The Bertz CT molecular complexity index is 3160. The predicted octanol–water partition coefficient (Wildman–Crippen LogP) is 1.55. The molecule has 1 aliphatic carbocycles. The maximum absolute atomic E-state index is 15.4. The van der Waals surface area contributed by atoms with E-state index in [0.29, 0.717) is 129 Å². The molecule has 7 rings (SSSR count). The molecule has 27 nitrogen and oxygen atoms in total. The van der Waals surface area contributed by atoms with E-state index < -0.39 is 72.1 Å². The highest BCUT2D eigenvalue weighted by atomic mass is 19.1. The molecule has 2 aliphatic heterocycles. The van der Waals surface area contributed by atoms with Crippen LogP contribution in [0.25, 0.3) is 22.3 Å². The first-order valence-electron chi connectivity index (χ1n) is 29.2. The minimum absolute atomic E-state index is 0.00499. The number of ether oxygens (including phenoxy) is 7. The Kier molecular flexibility index (Phi) is 24.8. The fraction of sp³-hybridized carbons (Fsp3) is 0.542. The Hall–Kier alpha value is -7.70. The van der Waals surface area contributed by atoms with Gasteiger partial charge in [-0.05, 0) is 85.4 Å². The number of esters is 1. The number of cyclic esters (lactones) is 1. The molecule has 2 aromatic carbocycles. The third kappa shape index (κ3) is 18.0. The zero-order valence-electron chi connectivity index (χ0n) is 49.5. The SMILES string of the molecule is CC[C@@]1(O)C(=O)OCc2c1cc1n(c2=O)Cc2c-1nc1cc(F)c(C)c3c1c2[C@@H](NC(=O)COCNC(=O)CNC(=O)OCc1ccc(NC(=O)[C@H](CCCNC(N)=O)NC[C@@H](NC(=O)CCOCCOCCOCCOCCN)C(C)C)cc1)CC3. The van der Waals surface area contributed by atoms with Gasteiger partial charge in [-0.1, -0.05) is 32.9 Å². The highest BCUT2D eigenvalue weighted by molar-refractivity contribution is 5.95. The quantitative estimate of drug-likeness (QED) is 0.0156. The topological polar surface area (TPSA) is 375 Å². The molecular weight excluding hydrogens is 1140 g/mol. The van der Waals surface area contributed by atoms with Gasteiger partial charge < -0.3 is 91.5 Å². The van der Waals surface area contributed by atoms with Crippen molar-refractivity contribution in [2.75, 3.05) is 97.7 Å². The lowest BCUT2D eigenvalue weighted by Gasteiger charge is -2.31. The van der Waals surface area contributed by atoms with Crippen molar-refractivity contribution < 1.29 is 76.2 Å². The summed E-state index contributed by atoms with van der Waals surface area (Å²) in [6.45, 7) is 9.47. The molecule has 12 N–H and O–H groups in total. The molecule has 4 aromatic rings. The molecule has 7 amide bonds. The number of amides is 7. The van der Waals surface area contributed by atoms with Crippen LogP contribution in [-0.4, -0.2) is 161 Å². The van der Waals surface area contributed by atoms with Crippen molar-refractivity contribution >= 4 is 58.3 Å². The second kappa shape index (κ2) is 32.3. The summed E-state index contributed by atoms with van der Waals surface area (Å²) in [5.41, 5.74) is 12.9. The first-order valence-corrected chi connectivity index (χ1v) is 29.2. The molecule has 0 spiro atoms. The van der Waals surface area contributed by atoms with Crippen LogP contribution in [0, 0.1) is 18.7 Å². The second-order valence-electron chi connectivity index (χ2n) is 21.5. The number of urea groups is 1. The van der Waals surface area contributed by atoms with Gasteiger partial charge in [-0.25, -0.2) is 23.8 Å². The van der Waals surface area contributed by atoms with Crippen molar-refractivity contribution in [3.8, 4) is 11.4 Å². The number of carbonyl (C=O) groups excluding carboxylic acids is 7. The van der Waals surface area contributed by atoms with Gasteiger partial charge in [-0.15, -0.1) is 0 Å². The largest absolute Gasteiger partial charge is 0.458 e. The summed E-state index contributed by atoms with van der Waals surface area (Å²) in [6.07, 6.45) is 0.721. The normalized spacial score (nSPS) is 16.2. The number of rotatable bonds is 35. The molecule has 87 heavy (non-hydrogen) atoms. The van der Waals surface area contributed by atoms with Crippen LogP contribution < -0.4 is 54.2 Å². The van der Waals surface area contributed by atoms with E-state index in [4.69, 9.17) is 49.6 Å². The average molecular weight is 1220 g/mol. The van der Waals surface area contributed by atoms with Crippen molar-refractivity contribution in [3.63, 3.8) is 0 Å². The number of nitrogens with zero attached hydrogens (tertiary/aromatic N) is 2. The highest BCUT2D eigenvalue weighted by Crippen LogP contribution is 2.46. The summed E-state index contributed by atoms with van der Waals surface area (Å²) in [5.74, 6) is -3.07. The minimum atomic E-state index is -2.05. The summed E-state index contributed by atoms with van der Waals surface area (Å²) < 4.78 is 54.5.